The summed E-state index contributed by atoms with van der Waals surface area (Å²) in [5.41, 5.74) is 9.51. The molecule has 20 heavy (non-hydrogen) atoms. The minimum atomic E-state index is 0.498. The van der Waals surface area contributed by atoms with E-state index in [9.17, 15) is 0 Å². The third kappa shape index (κ3) is 2.18. The average Bonchev–Trinajstić information content (AvgIpc) is 3.27. The quantitative estimate of drug-likeness (QED) is 0.863. The molecule has 1 fully saturated rings. The Morgan fingerprint density at radius 3 is 2.60 bits per heavy atom. The van der Waals surface area contributed by atoms with Crippen LogP contribution in [0.1, 0.15) is 37.1 Å². The number of imidazole rings is 1. The van der Waals surface area contributed by atoms with E-state index in [1.807, 2.05) is 4.57 Å². The molecule has 0 amide bonds. The topological polar surface area (TPSA) is 43.8 Å². The van der Waals surface area contributed by atoms with Crippen LogP contribution >= 0.6 is 0 Å². The second-order valence-electron chi connectivity index (χ2n) is 5.32. The Bertz CT molecular complexity index is 655. The molecule has 1 aliphatic rings. The molecule has 1 heterocycles. The zero-order valence-electron chi connectivity index (χ0n) is 11.8. The van der Waals surface area contributed by atoms with Crippen LogP contribution in [0.25, 0.3) is 11.3 Å². The van der Waals surface area contributed by atoms with E-state index in [0.717, 1.165) is 23.5 Å². The molecule has 3 nitrogen and oxygen atoms in total. The normalized spacial score (nSPS) is 14.2. The lowest BCUT2D eigenvalue weighted by Gasteiger charge is -2.05. The van der Waals surface area contributed by atoms with Gasteiger partial charge in [-0.3, -0.25) is 0 Å². The van der Waals surface area contributed by atoms with Gasteiger partial charge in [0, 0.05) is 11.5 Å². The number of nitrogens with zero attached hydrogens (tertiary/aromatic N) is 2. The summed E-state index contributed by atoms with van der Waals surface area (Å²) >= 11 is 0. The summed E-state index contributed by atoms with van der Waals surface area (Å²) in [6.07, 6.45) is 8.87. The van der Waals surface area contributed by atoms with E-state index < -0.39 is 0 Å². The monoisotopic (exact) mass is 265 g/mol. The molecule has 0 bridgehead atoms. The lowest BCUT2D eigenvalue weighted by atomic mass is 10.1. The number of hydrogen-bond donors (Lipinski definition) is 1. The Kier molecular flexibility index (Phi) is 3.23. The van der Waals surface area contributed by atoms with Crippen molar-refractivity contribution in [2.24, 2.45) is 0 Å². The maximum atomic E-state index is 6.26. The lowest BCUT2D eigenvalue weighted by molar-refractivity contribution is 0.762. The van der Waals surface area contributed by atoms with Crippen LogP contribution in [0.4, 0.5) is 5.82 Å². The standard InChI is InChI=1S/C17H19N3/c1-3-11-20-16(18)15(19-17(20)14-9-10-14)13-7-5-12(4-2)6-8-13/h1,5-8,14H,4,9-11,18H2,2H3. The largest absolute Gasteiger partial charge is 0.383 e. The molecule has 1 saturated carbocycles. The van der Waals surface area contributed by atoms with Crippen molar-refractivity contribution < 1.29 is 0 Å². The molecule has 0 atom stereocenters. The van der Waals surface area contributed by atoms with Gasteiger partial charge >= 0.3 is 0 Å². The molecule has 3 heteroatoms. The first-order valence-electron chi connectivity index (χ1n) is 7.13. The van der Waals surface area contributed by atoms with E-state index in [1.165, 1.54) is 18.4 Å². The Labute approximate surface area is 119 Å². The number of hydrogen-bond acceptors (Lipinski definition) is 2. The zero-order chi connectivity index (χ0) is 14.1. The van der Waals surface area contributed by atoms with Crippen LogP contribution in [0.5, 0.6) is 0 Å². The third-order valence-electron chi connectivity index (χ3n) is 3.86. The molecule has 3 rings (SSSR count). The van der Waals surface area contributed by atoms with Gasteiger partial charge in [0.2, 0.25) is 0 Å². The average molecular weight is 265 g/mol. The molecule has 0 unspecified atom stereocenters. The number of anilines is 1. The van der Waals surface area contributed by atoms with Gasteiger partial charge in [-0.05, 0) is 24.8 Å². The summed E-state index contributed by atoms with van der Waals surface area (Å²) in [7, 11) is 0. The number of aryl methyl sites for hydroxylation is 1. The van der Waals surface area contributed by atoms with Crippen LogP contribution in [0.15, 0.2) is 24.3 Å². The summed E-state index contributed by atoms with van der Waals surface area (Å²) in [4.78, 5) is 4.76. The van der Waals surface area contributed by atoms with E-state index in [0.29, 0.717) is 18.3 Å². The molecule has 102 valence electrons. The molecule has 0 spiro atoms. The van der Waals surface area contributed by atoms with Crippen molar-refractivity contribution in [2.75, 3.05) is 5.73 Å². The Hall–Kier alpha value is -2.21. The third-order valence-corrected chi connectivity index (χ3v) is 3.86. The Balaban J connectivity index is 2.04. The van der Waals surface area contributed by atoms with Gasteiger partial charge in [-0.25, -0.2) is 4.98 Å². The van der Waals surface area contributed by atoms with Crippen molar-refractivity contribution in [1.29, 1.82) is 0 Å². The van der Waals surface area contributed by atoms with Gasteiger partial charge < -0.3 is 10.3 Å². The molecule has 1 aliphatic carbocycles. The molecule has 0 saturated heterocycles. The van der Waals surface area contributed by atoms with Gasteiger partial charge in [-0.2, -0.15) is 0 Å². The fraction of sp³-hybridized carbons (Fsp3) is 0.353. The molecule has 2 aromatic rings. The van der Waals surface area contributed by atoms with Crippen LogP contribution < -0.4 is 5.73 Å². The zero-order valence-corrected chi connectivity index (χ0v) is 11.8. The molecule has 1 aromatic heterocycles. The van der Waals surface area contributed by atoms with Crippen LogP contribution in [0, 0.1) is 12.3 Å². The fourth-order valence-corrected chi connectivity index (χ4v) is 2.50. The van der Waals surface area contributed by atoms with Crippen LogP contribution in [-0.2, 0) is 13.0 Å². The highest BCUT2D eigenvalue weighted by Gasteiger charge is 2.30. The summed E-state index contributed by atoms with van der Waals surface area (Å²) in [5, 5.41) is 0. The first kappa shape index (κ1) is 12.8. The summed E-state index contributed by atoms with van der Waals surface area (Å²) in [5.74, 6) is 4.95. The summed E-state index contributed by atoms with van der Waals surface area (Å²) < 4.78 is 1.99. The molecule has 1 aromatic carbocycles. The number of rotatable bonds is 4. The number of benzene rings is 1. The maximum Gasteiger partial charge on any atom is 0.132 e. The molecule has 0 aliphatic heterocycles. The minimum absolute atomic E-state index is 0.498. The number of nitrogens with two attached hydrogens (primary N) is 1. The van der Waals surface area contributed by atoms with E-state index in [1.54, 1.807) is 0 Å². The SMILES string of the molecule is C#CCn1c(C2CC2)nc(-c2ccc(CC)cc2)c1N. The van der Waals surface area contributed by atoms with Crippen molar-refractivity contribution in [3.05, 3.63) is 35.7 Å². The van der Waals surface area contributed by atoms with Gasteiger partial charge in [0.15, 0.2) is 0 Å². The van der Waals surface area contributed by atoms with Gasteiger partial charge in [-0.1, -0.05) is 37.1 Å². The molecular weight excluding hydrogens is 246 g/mol. The number of nitrogen functional groups attached to an aromatic ring is 1. The number of terminal acetylenes is 1. The molecular formula is C17H19N3. The van der Waals surface area contributed by atoms with Crippen LogP contribution in [-0.4, -0.2) is 9.55 Å². The van der Waals surface area contributed by atoms with Crippen molar-refractivity contribution in [1.82, 2.24) is 9.55 Å². The van der Waals surface area contributed by atoms with E-state index in [4.69, 9.17) is 17.1 Å². The van der Waals surface area contributed by atoms with Crippen molar-refractivity contribution in [2.45, 2.75) is 38.6 Å². The van der Waals surface area contributed by atoms with E-state index >= 15 is 0 Å². The van der Waals surface area contributed by atoms with Gasteiger partial charge in [-0.15, -0.1) is 6.42 Å². The van der Waals surface area contributed by atoms with Gasteiger partial charge in [0.05, 0.1) is 6.54 Å². The second kappa shape index (κ2) is 5.05. The smallest absolute Gasteiger partial charge is 0.132 e. The highest BCUT2D eigenvalue weighted by Crippen LogP contribution is 2.42. The molecule has 0 radical (unpaired) electrons. The first-order chi connectivity index (χ1) is 9.74. The van der Waals surface area contributed by atoms with Crippen LogP contribution in [0.3, 0.4) is 0 Å². The second-order valence-corrected chi connectivity index (χ2v) is 5.32. The van der Waals surface area contributed by atoms with Gasteiger partial charge in [0.25, 0.3) is 0 Å². The Morgan fingerprint density at radius 2 is 2.05 bits per heavy atom. The van der Waals surface area contributed by atoms with Crippen molar-refractivity contribution in [3.8, 4) is 23.6 Å². The fourth-order valence-electron chi connectivity index (χ4n) is 2.50. The first-order valence-corrected chi connectivity index (χ1v) is 7.13. The predicted octanol–water partition coefficient (Wildman–Crippen LogP) is 3.21. The Morgan fingerprint density at radius 1 is 1.35 bits per heavy atom. The lowest BCUT2D eigenvalue weighted by Crippen LogP contribution is -2.05. The predicted molar refractivity (Wildman–Crippen MR) is 82.3 cm³/mol. The number of aromatic nitrogens is 2. The highest BCUT2D eigenvalue weighted by atomic mass is 15.1. The van der Waals surface area contributed by atoms with Crippen molar-refractivity contribution in [3.63, 3.8) is 0 Å². The van der Waals surface area contributed by atoms with Crippen molar-refractivity contribution >= 4 is 5.82 Å². The summed E-state index contributed by atoms with van der Waals surface area (Å²) in [6, 6.07) is 8.44. The van der Waals surface area contributed by atoms with E-state index in [2.05, 4.69) is 37.1 Å². The van der Waals surface area contributed by atoms with E-state index in [-0.39, 0.29) is 0 Å². The molecule has 2 N–H and O–H groups in total. The highest BCUT2D eigenvalue weighted by molar-refractivity contribution is 5.71. The summed E-state index contributed by atoms with van der Waals surface area (Å²) in [6.45, 7) is 2.65. The van der Waals surface area contributed by atoms with Crippen LogP contribution in [0.2, 0.25) is 0 Å². The minimum Gasteiger partial charge on any atom is -0.383 e. The maximum absolute atomic E-state index is 6.26. The van der Waals surface area contributed by atoms with Gasteiger partial charge in [0.1, 0.15) is 17.3 Å².